The molecule has 7 heavy (non-hydrogen) atoms. The molecule has 0 heterocycles. The summed E-state index contributed by atoms with van der Waals surface area (Å²) in [6.45, 7) is 1.91. The summed E-state index contributed by atoms with van der Waals surface area (Å²) in [4.78, 5) is 7.60. The molecule has 40 valence electrons. The fraction of sp³-hybridized carbons (Fsp3) is 0.600. The van der Waals surface area contributed by atoms with Gasteiger partial charge < -0.3 is 0 Å². The van der Waals surface area contributed by atoms with Gasteiger partial charge in [-0.2, -0.15) is 0 Å². The van der Waals surface area contributed by atoms with E-state index in [4.69, 9.17) is 0 Å². The second-order valence-corrected chi connectivity index (χ2v) is 1.25. The van der Waals surface area contributed by atoms with Crippen LogP contribution in [0.15, 0.2) is 9.98 Å². The minimum atomic E-state index is 0.961. The minimum absolute atomic E-state index is 0.961. The SMILES string of the molecule is CN=CC(C)=NC. The van der Waals surface area contributed by atoms with Crippen molar-refractivity contribution < 1.29 is 0 Å². The normalized spacial score (nSPS) is 13.3. The Balaban J connectivity index is 3.58. The van der Waals surface area contributed by atoms with Gasteiger partial charge in [0.15, 0.2) is 0 Å². The first-order valence-corrected chi connectivity index (χ1v) is 2.16. The van der Waals surface area contributed by atoms with Crippen molar-refractivity contribution in [2.24, 2.45) is 9.98 Å². The van der Waals surface area contributed by atoms with Gasteiger partial charge in [-0.25, -0.2) is 0 Å². The van der Waals surface area contributed by atoms with Crippen LogP contribution in [0.3, 0.4) is 0 Å². The summed E-state index contributed by atoms with van der Waals surface area (Å²) in [5.74, 6) is 0. The zero-order valence-electron chi connectivity index (χ0n) is 4.97. The highest BCUT2D eigenvalue weighted by Crippen LogP contribution is 1.65. The van der Waals surface area contributed by atoms with E-state index < -0.39 is 0 Å². The standard InChI is InChI=1S/C5H10N2/c1-5(7-3)4-6-2/h4H,1-3H3. The van der Waals surface area contributed by atoms with E-state index in [9.17, 15) is 0 Å². The Bertz CT molecular complexity index is 92.3. The summed E-state index contributed by atoms with van der Waals surface area (Å²) >= 11 is 0. The molecule has 0 atom stereocenters. The van der Waals surface area contributed by atoms with Crippen LogP contribution in [0.5, 0.6) is 0 Å². The molecular formula is C5H10N2. The lowest BCUT2D eigenvalue weighted by Crippen LogP contribution is -1.89. The molecule has 2 heteroatoms. The summed E-state index contributed by atoms with van der Waals surface area (Å²) in [7, 11) is 3.48. The lowest BCUT2D eigenvalue weighted by atomic mass is 10.5. The lowest BCUT2D eigenvalue weighted by molar-refractivity contribution is 1.43. The monoisotopic (exact) mass is 98.1 g/mol. The molecule has 0 aromatic rings. The van der Waals surface area contributed by atoms with E-state index in [0.717, 1.165) is 5.71 Å². The first-order valence-electron chi connectivity index (χ1n) is 2.16. The minimum Gasteiger partial charge on any atom is -0.295 e. The quantitative estimate of drug-likeness (QED) is 0.433. The number of hydrogen-bond donors (Lipinski definition) is 0. The smallest absolute Gasteiger partial charge is 0.0491 e. The second kappa shape index (κ2) is 3.53. The molecule has 0 amide bonds. The van der Waals surface area contributed by atoms with Gasteiger partial charge in [0, 0.05) is 26.0 Å². The van der Waals surface area contributed by atoms with Gasteiger partial charge in [-0.05, 0) is 6.92 Å². The molecule has 0 saturated heterocycles. The van der Waals surface area contributed by atoms with E-state index in [-0.39, 0.29) is 0 Å². The average molecular weight is 98.1 g/mol. The molecule has 0 bridgehead atoms. The molecule has 0 saturated carbocycles. The van der Waals surface area contributed by atoms with Crippen LogP contribution in [0.25, 0.3) is 0 Å². The Kier molecular flexibility index (Phi) is 3.19. The third kappa shape index (κ3) is 3.16. The molecule has 2 nitrogen and oxygen atoms in total. The van der Waals surface area contributed by atoms with Gasteiger partial charge in [-0.3, -0.25) is 9.98 Å². The zero-order chi connectivity index (χ0) is 5.70. The van der Waals surface area contributed by atoms with Crippen molar-refractivity contribution in [1.82, 2.24) is 0 Å². The molecule has 0 aromatic heterocycles. The maximum Gasteiger partial charge on any atom is 0.0491 e. The summed E-state index contributed by atoms with van der Waals surface area (Å²) in [6, 6.07) is 0. The number of aliphatic imine (C=N–C) groups is 2. The third-order valence-electron chi connectivity index (χ3n) is 0.669. The Labute approximate surface area is 44.0 Å². The molecule has 0 rings (SSSR count). The molecule has 0 aliphatic carbocycles. The van der Waals surface area contributed by atoms with Crippen molar-refractivity contribution in [2.75, 3.05) is 14.1 Å². The van der Waals surface area contributed by atoms with E-state index >= 15 is 0 Å². The Morgan fingerprint density at radius 1 is 1.43 bits per heavy atom. The van der Waals surface area contributed by atoms with Crippen LogP contribution < -0.4 is 0 Å². The molecule has 0 N–H and O–H groups in total. The van der Waals surface area contributed by atoms with Crippen LogP contribution in [-0.2, 0) is 0 Å². The predicted molar refractivity (Wildman–Crippen MR) is 33.4 cm³/mol. The molecule has 0 unspecified atom stereocenters. The highest BCUT2D eigenvalue weighted by Gasteiger charge is 1.73. The van der Waals surface area contributed by atoms with E-state index in [2.05, 4.69) is 9.98 Å². The van der Waals surface area contributed by atoms with Crippen molar-refractivity contribution >= 4 is 11.9 Å². The van der Waals surface area contributed by atoms with Crippen molar-refractivity contribution in [2.45, 2.75) is 6.92 Å². The van der Waals surface area contributed by atoms with Crippen LogP contribution in [0, 0.1) is 0 Å². The van der Waals surface area contributed by atoms with E-state index in [1.807, 2.05) is 6.92 Å². The van der Waals surface area contributed by atoms with Gasteiger partial charge in [0.25, 0.3) is 0 Å². The molecule has 0 fully saturated rings. The van der Waals surface area contributed by atoms with Crippen molar-refractivity contribution in [1.29, 1.82) is 0 Å². The van der Waals surface area contributed by atoms with Gasteiger partial charge in [-0.1, -0.05) is 0 Å². The van der Waals surface area contributed by atoms with Crippen molar-refractivity contribution in [3.8, 4) is 0 Å². The van der Waals surface area contributed by atoms with E-state index in [0.29, 0.717) is 0 Å². The summed E-state index contributed by atoms with van der Waals surface area (Å²) in [6.07, 6.45) is 1.72. The van der Waals surface area contributed by atoms with Gasteiger partial charge in [0.05, 0.1) is 0 Å². The average Bonchev–Trinajstić information content (AvgIpc) is 1.68. The summed E-state index contributed by atoms with van der Waals surface area (Å²) < 4.78 is 0. The number of rotatable bonds is 1. The van der Waals surface area contributed by atoms with Gasteiger partial charge >= 0.3 is 0 Å². The Morgan fingerprint density at radius 2 is 2.00 bits per heavy atom. The maximum absolute atomic E-state index is 3.85. The maximum atomic E-state index is 3.85. The van der Waals surface area contributed by atoms with Gasteiger partial charge in [0.2, 0.25) is 0 Å². The number of hydrogen-bond acceptors (Lipinski definition) is 2. The summed E-state index contributed by atoms with van der Waals surface area (Å²) in [5.41, 5.74) is 0.961. The lowest BCUT2D eigenvalue weighted by Gasteiger charge is -1.80. The van der Waals surface area contributed by atoms with Crippen LogP contribution in [0.2, 0.25) is 0 Å². The number of nitrogens with zero attached hydrogens (tertiary/aromatic N) is 2. The summed E-state index contributed by atoms with van der Waals surface area (Å²) in [5, 5.41) is 0. The molecule has 0 aliphatic heterocycles. The highest BCUT2D eigenvalue weighted by molar-refractivity contribution is 6.29. The second-order valence-electron chi connectivity index (χ2n) is 1.25. The van der Waals surface area contributed by atoms with E-state index in [1.54, 1.807) is 20.3 Å². The topological polar surface area (TPSA) is 24.7 Å². The first-order chi connectivity index (χ1) is 3.31. The predicted octanol–water partition coefficient (Wildman–Crippen LogP) is 0.778. The van der Waals surface area contributed by atoms with Crippen LogP contribution in [0.4, 0.5) is 0 Å². The zero-order valence-corrected chi connectivity index (χ0v) is 4.97. The van der Waals surface area contributed by atoms with Crippen LogP contribution in [-0.4, -0.2) is 26.0 Å². The first kappa shape index (κ1) is 6.34. The van der Waals surface area contributed by atoms with Crippen molar-refractivity contribution in [3.05, 3.63) is 0 Å². The Hall–Kier alpha value is -0.660. The Morgan fingerprint density at radius 3 is 2.14 bits per heavy atom. The molecule has 0 radical (unpaired) electrons. The van der Waals surface area contributed by atoms with Gasteiger partial charge in [0.1, 0.15) is 0 Å². The molecule has 0 aromatic carbocycles. The third-order valence-corrected chi connectivity index (χ3v) is 0.669. The van der Waals surface area contributed by atoms with E-state index in [1.165, 1.54) is 0 Å². The fourth-order valence-corrected chi connectivity index (χ4v) is 0.245. The molecule has 0 aliphatic rings. The van der Waals surface area contributed by atoms with Crippen LogP contribution >= 0.6 is 0 Å². The molecular weight excluding hydrogens is 88.1 g/mol. The van der Waals surface area contributed by atoms with Crippen molar-refractivity contribution in [3.63, 3.8) is 0 Å². The fourth-order valence-electron chi connectivity index (χ4n) is 0.245. The highest BCUT2D eigenvalue weighted by atomic mass is 14.7. The molecule has 0 spiro atoms. The van der Waals surface area contributed by atoms with Gasteiger partial charge in [-0.15, -0.1) is 0 Å². The largest absolute Gasteiger partial charge is 0.295 e. The van der Waals surface area contributed by atoms with Crippen LogP contribution in [0.1, 0.15) is 6.92 Å².